The third-order valence-corrected chi connectivity index (χ3v) is 5.57. The Morgan fingerprint density at radius 2 is 2.29 bits per heavy atom. The van der Waals surface area contributed by atoms with Crippen molar-refractivity contribution in [3.63, 3.8) is 0 Å². The molecule has 2 unspecified atom stereocenters. The molecule has 2 rings (SSSR count). The molecule has 0 amide bonds. The van der Waals surface area contributed by atoms with Crippen molar-refractivity contribution in [3.8, 4) is 6.07 Å². The van der Waals surface area contributed by atoms with Gasteiger partial charge >= 0.3 is 0 Å². The topological polar surface area (TPSA) is 49.8 Å². The van der Waals surface area contributed by atoms with E-state index in [0.29, 0.717) is 10.9 Å². The molecule has 2 N–H and O–H groups in total. The molecule has 0 saturated heterocycles. The first-order chi connectivity index (χ1) is 8.04. The molecule has 92 valence electrons. The molecule has 17 heavy (non-hydrogen) atoms. The molecule has 0 bridgehead atoms. The predicted octanol–water partition coefficient (Wildman–Crippen LogP) is 3.84. The van der Waals surface area contributed by atoms with Gasteiger partial charge in [0.2, 0.25) is 0 Å². The number of nitrogen functional groups attached to an aromatic ring is 1. The maximum atomic E-state index is 9.33. The number of hydrogen-bond acceptors (Lipinski definition) is 3. The molecule has 0 fully saturated rings. The van der Waals surface area contributed by atoms with Gasteiger partial charge in [0.1, 0.15) is 11.1 Å². The molecular weight excluding hydrogens is 228 g/mol. The summed E-state index contributed by atoms with van der Waals surface area (Å²) in [6, 6.07) is 2.32. The van der Waals surface area contributed by atoms with Crippen LogP contribution in [-0.4, -0.2) is 0 Å². The Kier molecular flexibility index (Phi) is 3.18. The molecule has 1 aromatic heterocycles. The fraction of sp³-hybridized carbons (Fsp3) is 0.643. The van der Waals surface area contributed by atoms with Crippen LogP contribution in [0, 0.1) is 17.2 Å². The van der Waals surface area contributed by atoms with E-state index < -0.39 is 0 Å². The van der Waals surface area contributed by atoms with Gasteiger partial charge in [-0.1, -0.05) is 27.2 Å². The van der Waals surface area contributed by atoms with Gasteiger partial charge in [-0.2, -0.15) is 5.26 Å². The summed E-state index contributed by atoms with van der Waals surface area (Å²) < 4.78 is 0. The molecule has 2 atom stereocenters. The van der Waals surface area contributed by atoms with Crippen LogP contribution in [0.4, 0.5) is 5.00 Å². The number of anilines is 1. The van der Waals surface area contributed by atoms with Crippen LogP contribution < -0.4 is 5.73 Å². The van der Waals surface area contributed by atoms with Gasteiger partial charge < -0.3 is 5.73 Å². The SMILES string of the molecule is CCC(C)C1(C)CCCc2sc(N)c(C#N)c21. The van der Waals surface area contributed by atoms with Crippen molar-refractivity contribution in [2.45, 2.75) is 51.9 Å². The zero-order valence-electron chi connectivity index (χ0n) is 10.8. The average Bonchev–Trinajstić information content (AvgIpc) is 2.65. The van der Waals surface area contributed by atoms with E-state index in [1.807, 2.05) is 0 Å². The summed E-state index contributed by atoms with van der Waals surface area (Å²) in [6.07, 6.45) is 4.65. The van der Waals surface area contributed by atoms with Crippen LogP contribution in [0.2, 0.25) is 0 Å². The number of hydrogen-bond donors (Lipinski definition) is 1. The van der Waals surface area contributed by atoms with Crippen LogP contribution >= 0.6 is 11.3 Å². The van der Waals surface area contributed by atoms with E-state index in [4.69, 9.17) is 5.73 Å². The summed E-state index contributed by atoms with van der Waals surface area (Å²) in [7, 11) is 0. The van der Waals surface area contributed by atoms with E-state index >= 15 is 0 Å². The highest BCUT2D eigenvalue weighted by molar-refractivity contribution is 7.16. The van der Waals surface area contributed by atoms with Crippen LogP contribution in [0.5, 0.6) is 0 Å². The summed E-state index contributed by atoms with van der Waals surface area (Å²) >= 11 is 1.63. The summed E-state index contributed by atoms with van der Waals surface area (Å²) in [6.45, 7) is 6.84. The standard InChI is InChI=1S/C14H20N2S/c1-4-9(2)14(3)7-5-6-11-12(14)10(8-15)13(16)17-11/h9H,4-7,16H2,1-3H3. The van der Waals surface area contributed by atoms with Crippen molar-refractivity contribution in [1.29, 1.82) is 5.26 Å². The zero-order chi connectivity index (χ0) is 12.6. The van der Waals surface area contributed by atoms with Crippen molar-refractivity contribution in [1.82, 2.24) is 0 Å². The second-order valence-corrected chi connectivity index (χ2v) is 6.47. The molecule has 0 spiro atoms. The van der Waals surface area contributed by atoms with E-state index in [1.54, 1.807) is 11.3 Å². The van der Waals surface area contributed by atoms with Crippen LogP contribution in [0.15, 0.2) is 0 Å². The van der Waals surface area contributed by atoms with E-state index in [0.717, 1.165) is 18.4 Å². The molecule has 0 radical (unpaired) electrons. The monoisotopic (exact) mass is 248 g/mol. The maximum Gasteiger partial charge on any atom is 0.104 e. The van der Waals surface area contributed by atoms with Gasteiger partial charge in [-0.25, -0.2) is 0 Å². The highest BCUT2D eigenvalue weighted by atomic mass is 32.1. The van der Waals surface area contributed by atoms with E-state index in [1.165, 1.54) is 23.3 Å². The molecule has 1 aliphatic carbocycles. The summed E-state index contributed by atoms with van der Waals surface area (Å²) in [4.78, 5) is 1.35. The second-order valence-electron chi connectivity index (χ2n) is 5.33. The summed E-state index contributed by atoms with van der Waals surface area (Å²) in [5.74, 6) is 0.600. The minimum absolute atomic E-state index is 0.140. The fourth-order valence-electron chi connectivity index (χ4n) is 3.07. The largest absolute Gasteiger partial charge is 0.389 e. The lowest BCUT2D eigenvalue weighted by molar-refractivity contribution is 0.266. The normalized spacial score (nSPS) is 25.1. The van der Waals surface area contributed by atoms with Gasteiger partial charge in [-0.05, 0) is 36.2 Å². The summed E-state index contributed by atoms with van der Waals surface area (Å²) in [5, 5.41) is 10.0. The molecular formula is C14H20N2S. The third-order valence-electron chi connectivity index (χ3n) is 4.49. The van der Waals surface area contributed by atoms with Crippen molar-refractivity contribution in [3.05, 3.63) is 16.0 Å². The smallest absolute Gasteiger partial charge is 0.104 e. The highest BCUT2D eigenvalue weighted by Crippen LogP contribution is 2.49. The van der Waals surface area contributed by atoms with Gasteiger partial charge in [-0.15, -0.1) is 11.3 Å². The highest BCUT2D eigenvalue weighted by Gasteiger charge is 2.40. The molecule has 0 aromatic carbocycles. The first kappa shape index (κ1) is 12.4. The number of nitriles is 1. The Hall–Kier alpha value is -1.01. The second kappa shape index (κ2) is 4.34. The van der Waals surface area contributed by atoms with E-state index in [9.17, 15) is 5.26 Å². The summed E-state index contributed by atoms with van der Waals surface area (Å²) in [5.41, 5.74) is 8.15. The van der Waals surface area contributed by atoms with Crippen LogP contribution in [0.3, 0.4) is 0 Å². The maximum absolute atomic E-state index is 9.33. The Bertz CT molecular complexity index is 469. The van der Waals surface area contributed by atoms with Gasteiger partial charge in [0.15, 0.2) is 0 Å². The van der Waals surface area contributed by atoms with Crippen molar-refractivity contribution in [2.75, 3.05) is 5.73 Å². The van der Waals surface area contributed by atoms with Crippen molar-refractivity contribution < 1.29 is 0 Å². The van der Waals surface area contributed by atoms with E-state index in [-0.39, 0.29) is 5.41 Å². The number of nitrogens with zero attached hydrogens (tertiary/aromatic N) is 1. The number of rotatable bonds is 2. The Morgan fingerprint density at radius 1 is 1.59 bits per heavy atom. The quantitative estimate of drug-likeness (QED) is 0.864. The van der Waals surface area contributed by atoms with Crippen molar-refractivity contribution >= 4 is 16.3 Å². The molecule has 3 heteroatoms. The number of aryl methyl sites for hydroxylation is 1. The van der Waals surface area contributed by atoms with Crippen molar-refractivity contribution in [2.24, 2.45) is 5.92 Å². The molecule has 0 saturated carbocycles. The number of thiophene rings is 1. The first-order valence-electron chi connectivity index (χ1n) is 6.36. The van der Waals surface area contributed by atoms with Gasteiger partial charge in [0, 0.05) is 4.88 Å². The van der Waals surface area contributed by atoms with Gasteiger partial charge in [0.25, 0.3) is 0 Å². The number of fused-ring (bicyclic) bond motifs is 1. The van der Waals surface area contributed by atoms with Crippen LogP contribution in [-0.2, 0) is 11.8 Å². The minimum Gasteiger partial charge on any atom is -0.389 e. The lowest BCUT2D eigenvalue weighted by atomic mass is 9.65. The molecule has 1 heterocycles. The Labute approximate surface area is 107 Å². The molecule has 1 aliphatic rings. The van der Waals surface area contributed by atoms with Crippen LogP contribution in [0.25, 0.3) is 0 Å². The predicted molar refractivity (Wildman–Crippen MR) is 73.2 cm³/mol. The fourth-order valence-corrected chi connectivity index (χ4v) is 4.27. The zero-order valence-corrected chi connectivity index (χ0v) is 11.7. The van der Waals surface area contributed by atoms with E-state index in [2.05, 4.69) is 26.8 Å². The van der Waals surface area contributed by atoms with Crippen LogP contribution in [0.1, 0.15) is 56.0 Å². The average molecular weight is 248 g/mol. The number of nitrogens with two attached hydrogens (primary N) is 1. The molecule has 0 aliphatic heterocycles. The lowest BCUT2D eigenvalue weighted by Crippen LogP contribution is -2.34. The Balaban J connectivity index is 2.61. The molecule has 2 nitrogen and oxygen atoms in total. The lowest BCUT2D eigenvalue weighted by Gasteiger charge is -2.39. The Morgan fingerprint density at radius 3 is 2.88 bits per heavy atom. The minimum atomic E-state index is 0.140. The van der Waals surface area contributed by atoms with Gasteiger partial charge in [-0.3, -0.25) is 0 Å². The third kappa shape index (κ3) is 1.75. The first-order valence-corrected chi connectivity index (χ1v) is 7.18. The molecule has 1 aromatic rings. The van der Waals surface area contributed by atoms with Gasteiger partial charge in [0.05, 0.1) is 5.56 Å².